The highest BCUT2D eigenvalue weighted by molar-refractivity contribution is 5.88. The Balaban J connectivity index is 1.37. The molecule has 2 aromatic heterocycles. The summed E-state index contributed by atoms with van der Waals surface area (Å²) in [5, 5.41) is 0. The van der Waals surface area contributed by atoms with Crippen LogP contribution in [0.2, 0.25) is 0 Å². The monoisotopic (exact) mass is 674 g/mol. The van der Waals surface area contributed by atoms with Gasteiger partial charge < -0.3 is 0 Å². The summed E-state index contributed by atoms with van der Waals surface area (Å²) in [6.45, 7) is 9.11. The minimum absolute atomic E-state index is 0.0698. The van der Waals surface area contributed by atoms with Crippen LogP contribution in [0, 0.1) is 13.8 Å². The van der Waals surface area contributed by atoms with E-state index in [1.54, 1.807) is 0 Å². The molecule has 1 aliphatic carbocycles. The third kappa shape index (κ3) is 7.20. The van der Waals surface area contributed by atoms with Gasteiger partial charge in [-0.2, -0.15) is 0 Å². The number of unbranched alkanes of at least 4 members (excludes halogenated alkanes) is 10. The van der Waals surface area contributed by atoms with Crippen molar-refractivity contribution in [3.05, 3.63) is 107 Å². The van der Waals surface area contributed by atoms with Crippen molar-refractivity contribution in [3.63, 3.8) is 0 Å². The van der Waals surface area contributed by atoms with Gasteiger partial charge in [-0.1, -0.05) is 127 Å². The summed E-state index contributed by atoms with van der Waals surface area (Å²) in [4.78, 5) is 20.0. The van der Waals surface area contributed by atoms with E-state index in [1.807, 2.05) is 36.7 Å². The minimum atomic E-state index is -0.0698. The Morgan fingerprint density at radius 3 is 1.27 bits per heavy atom. The van der Waals surface area contributed by atoms with Gasteiger partial charge in [-0.05, 0) is 96.5 Å². The molecule has 6 aromatic rings. The van der Waals surface area contributed by atoms with Gasteiger partial charge in [0.2, 0.25) is 0 Å². The number of fused-ring (bicyclic) bond motifs is 5. The molecule has 0 unspecified atom stereocenters. The summed E-state index contributed by atoms with van der Waals surface area (Å²) in [6.07, 6.45) is 21.8. The molecule has 0 saturated carbocycles. The van der Waals surface area contributed by atoms with Gasteiger partial charge in [0.15, 0.2) is 0 Å². The molecule has 1 aliphatic rings. The number of nitrogens with zero attached hydrogens (tertiary/aromatic N) is 4. The van der Waals surface area contributed by atoms with E-state index in [2.05, 4.69) is 76.2 Å². The summed E-state index contributed by atoms with van der Waals surface area (Å²) in [7, 11) is 0. The maximum absolute atomic E-state index is 5.15. The first-order valence-electron chi connectivity index (χ1n) is 19.8. The normalized spacial score (nSPS) is 13.2. The van der Waals surface area contributed by atoms with E-state index in [9.17, 15) is 0 Å². The average molecular weight is 675 g/mol. The number of aryl methyl sites for hydroxylation is 2. The summed E-state index contributed by atoms with van der Waals surface area (Å²) in [5.74, 6) is 0. The van der Waals surface area contributed by atoms with E-state index in [4.69, 9.17) is 19.9 Å². The molecule has 262 valence electrons. The number of hydrogen-bond acceptors (Lipinski definition) is 4. The fourth-order valence-corrected chi connectivity index (χ4v) is 8.60. The Kier molecular flexibility index (Phi) is 10.9. The summed E-state index contributed by atoms with van der Waals surface area (Å²) in [6, 6.07) is 26.4. The van der Waals surface area contributed by atoms with Gasteiger partial charge >= 0.3 is 0 Å². The van der Waals surface area contributed by atoms with Crippen LogP contribution in [0.15, 0.2) is 85.2 Å². The van der Waals surface area contributed by atoms with Crippen molar-refractivity contribution in [2.24, 2.45) is 0 Å². The average Bonchev–Trinajstić information content (AvgIpc) is 3.40. The molecule has 7 rings (SSSR count). The zero-order chi connectivity index (χ0) is 35.2. The smallest absolute Gasteiger partial charge is 0.0895 e. The Morgan fingerprint density at radius 1 is 0.451 bits per heavy atom. The van der Waals surface area contributed by atoms with E-state index < -0.39 is 0 Å². The first kappa shape index (κ1) is 35.0. The quantitative estimate of drug-likeness (QED) is 0.0959. The largest absolute Gasteiger partial charge is 0.252 e. The van der Waals surface area contributed by atoms with Gasteiger partial charge in [0, 0.05) is 16.5 Å². The highest BCUT2D eigenvalue weighted by Gasteiger charge is 2.43. The molecule has 0 radical (unpaired) electrons. The van der Waals surface area contributed by atoms with E-state index >= 15 is 0 Å². The third-order valence-corrected chi connectivity index (χ3v) is 11.4. The summed E-state index contributed by atoms with van der Waals surface area (Å²) in [5.41, 5.74) is 16.3. The molecular formula is C47H54N4. The van der Waals surface area contributed by atoms with Crippen LogP contribution in [0.1, 0.15) is 126 Å². The molecule has 0 amide bonds. The zero-order valence-corrected chi connectivity index (χ0v) is 31.3. The summed E-state index contributed by atoms with van der Waals surface area (Å²) >= 11 is 0. The van der Waals surface area contributed by atoms with Crippen molar-refractivity contribution < 1.29 is 0 Å². The molecule has 4 heteroatoms. The van der Waals surface area contributed by atoms with Gasteiger partial charge in [0.1, 0.15) is 0 Å². The molecule has 4 nitrogen and oxygen atoms in total. The standard InChI is InChI=1S/C47H54N4/c1-5-7-9-11-13-19-25-47(26-20-14-12-10-8-6-2)39-29-35(45-31-48-41-21-15-17-23-43(41)50-45)33(3)27-37(39)38-28-34(4)36(30-40(38)47)46-32-49-42-22-16-18-24-44(42)51-46/h15-18,21-24,27-32H,5-14,19-20,25-26H2,1-4H3. The van der Waals surface area contributed by atoms with E-state index in [0.717, 1.165) is 46.3 Å². The predicted octanol–water partition coefficient (Wildman–Crippen LogP) is 13.3. The number of hydrogen-bond donors (Lipinski definition) is 0. The SMILES string of the molecule is CCCCCCCCC1(CCCCCCCC)c2cc(-c3cnc4ccccc4n3)c(C)cc2-c2cc(C)c(-c3cnc4ccccc4n3)cc21. The second-order valence-corrected chi connectivity index (χ2v) is 15.0. The van der Waals surface area contributed by atoms with Gasteiger partial charge in [0.05, 0.1) is 45.8 Å². The van der Waals surface area contributed by atoms with Crippen molar-refractivity contribution in [1.29, 1.82) is 0 Å². The second kappa shape index (κ2) is 15.8. The molecule has 51 heavy (non-hydrogen) atoms. The van der Waals surface area contributed by atoms with Gasteiger partial charge in [-0.15, -0.1) is 0 Å². The zero-order valence-electron chi connectivity index (χ0n) is 31.3. The van der Waals surface area contributed by atoms with Crippen molar-refractivity contribution in [2.75, 3.05) is 0 Å². The van der Waals surface area contributed by atoms with E-state index in [1.165, 1.54) is 122 Å². The molecule has 2 heterocycles. The molecule has 0 aliphatic heterocycles. The fourth-order valence-electron chi connectivity index (χ4n) is 8.60. The number of benzene rings is 4. The molecule has 0 N–H and O–H groups in total. The first-order valence-corrected chi connectivity index (χ1v) is 19.8. The van der Waals surface area contributed by atoms with Crippen LogP contribution in [0.5, 0.6) is 0 Å². The maximum Gasteiger partial charge on any atom is 0.0895 e. The van der Waals surface area contributed by atoms with Crippen molar-refractivity contribution >= 4 is 22.1 Å². The van der Waals surface area contributed by atoms with Gasteiger partial charge in [-0.3, -0.25) is 9.97 Å². The number of aromatic nitrogens is 4. The second-order valence-electron chi connectivity index (χ2n) is 15.0. The highest BCUT2D eigenvalue weighted by Crippen LogP contribution is 2.56. The molecular weight excluding hydrogens is 621 g/mol. The van der Waals surface area contributed by atoms with Gasteiger partial charge in [-0.25, -0.2) is 9.97 Å². The van der Waals surface area contributed by atoms with Crippen LogP contribution in [-0.2, 0) is 5.41 Å². The molecule has 0 saturated heterocycles. The predicted molar refractivity (Wildman–Crippen MR) is 215 cm³/mol. The lowest BCUT2D eigenvalue weighted by Gasteiger charge is -2.34. The lowest BCUT2D eigenvalue weighted by molar-refractivity contribution is 0.398. The van der Waals surface area contributed by atoms with Crippen LogP contribution in [-0.4, -0.2) is 19.9 Å². The molecule has 0 bridgehead atoms. The molecule has 4 aromatic carbocycles. The van der Waals surface area contributed by atoms with Crippen LogP contribution in [0.25, 0.3) is 55.7 Å². The molecule has 0 atom stereocenters. The highest BCUT2D eigenvalue weighted by atomic mass is 14.8. The molecule has 0 fully saturated rings. The first-order chi connectivity index (χ1) is 25.0. The van der Waals surface area contributed by atoms with Crippen molar-refractivity contribution in [1.82, 2.24) is 19.9 Å². The van der Waals surface area contributed by atoms with Crippen molar-refractivity contribution in [2.45, 2.75) is 123 Å². The van der Waals surface area contributed by atoms with Crippen molar-refractivity contribution in [3.8, 4) is 33.6 Å². The van der Waals surface area contributed by atoms with Gasteiger partial charge in [0.25, 0.3) is 0 Å². The van der Waals surface area contributed by atoms with E-state index in [0.29, 0.717) is 0 Å². The van der Waals surface area contributed by atoms with Crippen LogP contribution in [0.3, 0.4) is 0 Å². The molecule has 0 spiro atoms. The van der Waals surface area contributed by atoms with Crippen LogP contribution < -0.4 is 0 Å². The lowest BCUT2D eigenvalue weighted by Crippen LogP contribution is -2.26. The lowest BCUT2D eigenvalue weighted by atomic mass is 9.69. The third-order valence-electron chi connectivity index (χ3n) is 11.4. The van der Waals surface area contributed by atoms with Crippen LogP contribution in [0.4, 0.5) is 0 Å². The Labute approximate surface area is 305 Å². The Hall–Kier alpha value is -4.44. The Bertz CT molecular complexity index is 1980. The number of para-hydroxylation sites is 4. The Morgan fingerprint density at radius 2 is 0.843 bits per heavy atom. The maximum atomic E-state index is 5.15. The topological polar surface area (TPSA) is 51.6 Å². The van der Waals surface area contributed by atoms with E-state index in [-0.39, 0.29) is 5.41 Å². The number of rotatable bonds is 16. The fraction of sp³-hybridized carbons (Fsp3) is 0.404. The summed E-state index contributed by atoms with van der Waals surface area (Å²) < 4.78 is 0. The minimum Gasteiger partial charge on any atom is -0.252 e. The van der Waals surface area contributed by atoms with Crippen LogP contribution >= 0.6 is 0 Å².